The summed E-state index contributed by atoms with van der Waals surface area (Å²) in [6.45, 7) is 3.26. The van der Waals surface area contributed by atoms with Crippen molar-refractivity contribution in [2.24, 2.45) is 0 Å². The first kappa shape index (κ1) is 13.0. The van der Waals surface area contributed by atoms with Crippen LogP contribution in [0.25, 0.3) is 0 Å². The molecule has 18 heavy (non-hydrogen) atoms. The van der Waals surface area contributed by atoms with E-state index >= 15 is 0 Å². The number of rotatable bonds is 4. The molecule has 0 aromatic carbocycles. The molecule has 1 atom stereocenters. The van der Waals surface area contributed by atoms with Gasteiger partial charge in [-0.1, -0.05) is 11.3 Å². The van der Waals surface area contributed by atoms with Crippen LogP contribution in [-0.4, -0.2) is 52.9 Å². The Morgan fingerprint density at radius 1 is 1.56 bits per heavy atom. The van der Waals surface area contributed by atoms with E-state index in [1.165, 1.54) is 6.92 Å². The van der Waals surface area contributed by atoms with Crippen molar-refractivity contribution in [1.82, 2.24) is 9.88 Å². The van der Waals surface area contributed by atoms with Gasteiger partial charge in [0, 0.05) is 19.5 Å². The van der Waals surface area contributed by atoms with Gasteiger partial charge in [0.2, 0.25) is 0 Å². The molecule has 2 rings (SSSR count). The highest BCUT2D eigenvalue weighted by molar-refractivity contribution is 7.17. The van der Waals surface area contributed by atoms with Gasteiger partial charge in [-0.25, -0.2) is 9.78 Å². The molecule has 6 nitrogen and oxygen atoms in total. The first-order chi connectivity index (χ1) is 8.47. The molecule has 2 N–H and O–H groups in total. The summed E-state index contributed by atoms with van der Waals surface area (Å²) >= 11 is 1.11. The molecule has 0 bridgehead atoms. The van der Waals surface area contributed by atoms with Gasteiger partial charge in [0.15, 0.2) is 16.6 Å². The highest BCUT2D eigenvalue weighted by Gasteiger charge is 2.24. The molecule has 0 aliphatic carbocycles. The molecular weight excluding hydrogens is 254 g/mol. The Balaban J connectivity index is 2.16. The molecule has 1 aliphatic heterocycles. The Morgan fingerprint density at radius 3 is 2.72 bits per heavy atom. The molecule has 1 aromatic rings. The molecule has 0 spiro atoms. The Bertz CT molecular complexity index is 454. The van der Waals surface area contributed by atoms with Crippen molar-refractivity contribution in [3.05, 3.63) is 10.6 Å². The van der Waals surface area contributed by atoms with Crippen LogP contribution in [0.15, 0.2) is 0 Å². The smallest absolute Gasteiger partial charge is 0.356 e. The second kappa shape index (κ2) is 5.03. The summed E-state index contributed by atoms with van der Waals surface area (Å²) in [5.74, 6) is -1.42. The summed E-state index contributed by atoms with van der Waals surface area (Å²) in [7, 11) is 2.03. The number of nitrogens with one attached hydrogen (secondary N) is 1. The van der Waals surface area contributed by atoms with Crippen molar-refractivity contribution in [3.63, 3.8) is 0 Å². The zero-order chi connectivity index (χ0) is 13.3. The lowest BCUT2D eigenvalue weighted by atomic mass is 10.3. The summed E-state index contributed by atoms with van der Waals surface area (Å²) in [6, 6.07) is 0.266. The summed E-state index contributed by atoms with van der Waals surface area (Å²) in [4.78, 5) is 28.7. The minimum Gasteiger partial charge on any atom is -0.476 e. The Labute approximate surface area is 109 Å². The summed E-state index contributed by atoms with van der Waals surface area (Å²) in [5.41, 5.74) is -0.152. The fraction of sp³-hybridized carbons (Fsp3) is 0.545. The van der Waals surface area contributed by atoms with Crippen LogP contribution in [0.5, 0.6) is 0 Å². The number of carbonyl (C=O) groups is 2. The number of Topliss-reactive ketones (excluding diaryl/α,β-unsaturated/α-hetero) is 1. The van der Waals surface area contributed by atoms with E-state index in [2.05, 4.69) is 15.2 Å². The van der Waals surface area contributed by atoms with Gasteiger partial charge in [-0.2, -0.15) is 0 Å². The Kier molecular flexibility index (Phi) is 3.63. The maximum absolute atomic E-state index is 11.3. The highest BCUT2D eigenvalue weighted by atomic mass is 32.1. The molecule has 7 heteroatoms. The molecule has 2 heterocycles. The molecule has 1 aromatic heterocycles. The van der Waals surface area contributed by atoms with E-state index in [0.717, 1.165) is 30.8 Å². The van der Waals surface area contributed by atoms with Gasteiger partial charge >= 0.3 is 5.97 Å². The number of thiazole rings is 1. The molecule has 1 unspecified atom stereocenters. The first-order valence-corrected chi connectivity index (χ1v) is 6.49. The zero-order valence-corrected chi connectivity index (χ0v) is 11.1. The number of hydrogen-bond donors (Lipinski definition) is 2. The molecule has 1 fully saturated rings. The van der Waals surface area contributed by atoms with E-state index in [1.54, 1.807) is 0 Å². The minimum absolute atomic E-state index is 0.152. The summed E-state index contributed by atoms with van der Waals surface area (Å²) in [6.07, 6.45) is 0.994. The molecule has 1 aliphatic rings. The molecule has 98 valence electrons. The SMILES string of the molecule is CC(=O)c1sc(NC2CCN(C)C2)nc1C(=O)O. The number of ketones is 1. The number of anilines is 1. The monoisotopic (exact) mass is 269 g/mol. The van der Waals surface area contributed by atoms with Crippen molar-refractivity contribution in [2.45, 2.75) is 19.4 Å². The topological polar surface area (TPSA) is 82.5 Å². The molecule has 1 saturated heterocycles. The normalized spacial score (nSPS) is 20.0. The number of carboxylic acids is 1. The van der Waals surface area contributed by atoms with Crippen molar-refractivity contribution in [1.29, 1.82) is 0 Å². The van der Waals surface area contributed by atoms with Gasteiger partial charge in [-0.05, 0) is 20.0 Å². The van der Waals surface area contributed by atoms with Crippen LogP contribution in [-0.2, 0) is 0 Å². The van der Waals surface area contributed by atoms with E-state index < -0.39 is 5.97 Å². The van der Waals surface area contributed by atoms with E-state index in [4.69, 9.17) is 5.11 Å². The van der Waals surface area contributed by atoms with E-state index in [-0.39, 0.29) is 22.4 Å². The lowest BCUT2D eigenvalue weighted by Crippen LogP contribution is -2.23. The second-order valence-corrected chi connectivity index (χ2v) is 5.45. The largest absolute Gasteiger partial charge is 0.476 e. The van der Waals surface area contributed by atoms with Crippen molar-refractivity contribution in [2.75, 3.05) is 25.5 Å². The standard InChI is InChI=1S/C11H15N3O3S/c1-6(15)9-8(10(16)17)13-11(18-9)12-7-3-4-14(2)5-7/h7H,3-5H2,1-2H3,(H,12,13)(H,16,17). The quantitative estimate of drug-likeness (QED) is 0.798. The van der Waals surface area contributed by atoms with Crippen LogP contribution in [0.2, 0.25) is 0 Å². The third-order valence-corrected chi connectivity index (χ3v) is 3.96. The van der Waals surface area contributed by atoms with Crippen molar-refractivity contribution < 1.29 is 14.7 Å². The lowest BCUT2D eigenvalue weighted by Gasteiger charge is -2.10. The second-order valence-electron chi connectivity index (χ2n) is 4.45. The predicted octanol–water partition coefficient (Wildman–Crippen LogP) is 1.16. The Hall–Kier alpha value is -1.47. The molecule has 0 amide bonds. The van der Waals surface area contributed by atoms with Crippen LogP contribution < -0.4 is 5.32 Å². The van der Waals surface area contributed by atoms with Gasteiger partial charge in [-0.3, -0.25) is 4.79 Å². The third-order valence-electron chi connectivity index (χ3n) is 2.87. The van der Waals surface area contributed by atoms with Gasteiger partial charge in [-0.15, -0.1) is 0 Å². The van der Waals surface area contributed by atoms with Crippen LogP contribution in [0.4, 0.5) is 5.13 Å². The number of aromatic carboxylic acids is 1. The highest BCUT2D eigenvalue weighted by Crippen LogP contribution is 2.25. The zero-order valence-electron chi connectivity index (χ0n) is 10.3. The van der Waals surface area contributed by atoms with Gasteiger partial charge in [0.25, 0.3) is 0 Å². The number of carboxylic acid groups (broad SMARTS) is 1. The third kappa shape index (κ3) is 2.68. The average Bonchev–Trinajstić information content (AvgIpc) is 2.85. The lowest BCUT2D eigenvalue weighted by molar-refractivity contribution is 0.0687. The van der Waals surface area contributed by atoms with E-state index in [0.29, 0.717) is 5.13 Å². The maximum atomic E-state index is 11.3. The van der Waals surface area contributed by atoms with E-state index in [1.807, 2.05) is 7.05 Å². The number of aromatic nitrogens is 1. The average molecular weight is 269 g/mol. The number of likely N-dealkylation sites (tertiary alicyclic amines) is 1. The summed E-state index contributed by atoms with van der Waals surface area (Å²) in [5, 5.41) is 12.7. The predicted molar refractivity (Wildman–Crippen MR) is 68.6 cm³/mol. The van der Waals surface area contributed by atoms with Gasteiger partial charge < -0.3 is 15.3 Å². The fourth-order valence-electron chi connectivity index (χ4n) is 1.99. The van der Waals surface area contributed by atoms with Crippen LogP contribution in [0, 0.1) is 0 Å². The molecule has 0 saturated carbocycles. The number of nitrogens with zero attached hydrogens (tertiary/aromatic N) is 2. The number of carbonyl (C=O) groups excluding carboxylic acids is 1. The molecule has 0 radical (unpaired) electrons. The number of hydrogen-bond acceptors (Lipinski definition) is 6. The molecular formula is C11H15N3O3S. The van der Waals surface area contributed by atoms with E-state index in [9.17, 15) is 9.59 Å². The minimum atomic E-state index is -1.16. The maximum Gasteiger partial charge on any atom is 0.356 e. The van der Waals surface area contributed by atoms with Crippen molar-refractivity contribution in [3.8, 4) is 0 Å². The van der Waals surface area contributed by atoms with Gasteiger partial charge in [0.05, 0.1) is 0 Å². The Morgan fingerprint density at radius 2 is 2.28 bits per heavy atom. The van der Waals surface area contributed by atoms with Crippen LogP contribution in [0.1, 0.15) is 33.5 Å². The fourth-order valence-corrected chi connectivity index (χ4v) is 2.92. The first-order valence-electron chi connectivity index (χ1n) is 5.67. The van der Waals surface area contributed by atoms with Gasteiger partial charge in [0.1, 0.15) is 4.88 Å². The van der Waals surface area contributed by atoms with Crippen LogP contribution in [0.3, 0.4) is 0 Å². The summed E-state index contributed by atoms with van der Waals surface area (Å²) < 4.78 is 0. The van der Waals surface area contributed by atoms with Crippen LogP contribution >= 0.6 is 11.3 Å². The van der Waals surface area contributed by atoms with Crippen molar-refractivity contribution >= 4 is 28.2 Å². The number of likely N-dealkylation sites (N-methyl/N-ethyl adjacent to an activating group) is 1.